The molecule has 1 aliphatic carbocycles. The van der Waals surface area contributed by atoms with E-state index in [-0.39, 0.29) is 29.5 Å². The standard InChI is InChI=1S/C30H35N7O4/c1-34(40-3)19-7-10-26(38)35(2)21-11-13-23(14-12-21)37-29-27(28(31)32-20-33-29)36(30(37)39)22-15-17-25(18-16-22)41-24-8-5-4-6-9-24/h4-10,15-18,20-21,23H,11-14,19H2,1-3H3,(H2,31,32,33)/b10-7+. The van der Waals surface area contributed by atoms with Gasteiger partial charge in [0, 0.05) is 38.8 Å². The molecule has 0 aliphatic heterocycles. The van der Waals surface area contributed by atoms with Crippen LogP contribution in [0.25, 0.3) is 16.9 Å². The zero-order valence-electron chi connectivity index (χ0n) is 23.5. The van der Waals surface area contributed by atoms with Gasteiger partial charge in [0.15, 0.2) is 11.5 Å². The van der Waals surface area contributed by atoms with E-state index in [1.165, 1.54) is 6.33 Å². The van der Waals surface area contributed by atoms with Crippen molar-refractivity contribution in [3.63, 3.8) is 0 Å². The summed E-state index contributed by atoms with van der Waals surface area (Å²) in [6, 6.07) is 16.8. The van der Waals surface area contributed by atoms with Crippen molar-refractivity contribution < 1.29 is 14.4 Å². The lowest BCUT2D eigenvalue weighted by Gasteiger charge is -2.34. The number of rotatable bonds is 9. The Morgan fingerprint density at radius 2 is 1.71 bits per heavy atom. The van der Waals surface area contributed by atoms with Gasteiger partial charge in [0.2, 0.25) is 5.91 Å². The molecular formula is C30H35N7O4. The van der Waals surface area contributed by atoms with Crippen molar-refractivity contribution in [1.82, 2.24) is 29.1 Å². The van der Waals surface area contributed by atoms with Crippen LogP contribution in [0.4, 0.5) is 5.82 Å². The highest BCUT2D eigenvalue weighted by Crippen LogP contribution is 2.33. The van der Waals surface area contributed by atoms with E-state index in [2.05, 4.69) is 9.97 Å². The van der Waals surface area contributed by atoms with E-state index in [0.29, 0.717) is 29.1 Å². The number of nitrogen functional groups attached to an aromatic ring is 1. The van der Waals surface area contributed by atoms with E-state index in [1.807, 2.05) is 61.6 Å². The smallest absolute Gasteiger partial charge is 0.335 e. The number of imidazole rings is 1. The molecule has 11 heteroatoms. The molecular weight excluding hydrogens is 522 g/mol. The number of ether oxygens (including phenoxy) is 1. The van der Waals surface area contributed by atoms with Crippen LogP contribution in [-0.2, 0) is 9.63 Å². The number of nitrogens with zero attached hydrogens (tertiary/aromatic N) is 6. The first kappa shape index (κ1) is 28.1. The van der Waals surface area contributed by atoms with Crippen LogP contribution >= 0.6 is 0 Å². The number of para-hydroxylation sites is 1. The highest BCUT2D eigenvalue weighted by atomic mass is 16.7. The number of hydroxylamine groups is 2. The van der Waals surface area contributed by atoms with E-state index >= 15 is 0 Å². The molecule has 2 aromatic carbocycles. The van der Waals surface area contributed by atoms with Crippen molar-refractivity contribution in [2.45, 2.75) is 37.8 Å². The van der Waals surface area contributed by atoms with Gasteiger partial charge in [0.25, 0.3) is 0 Å². The van der Waals surface area contributed by atoms with Crippen molar-refractivity contribution >= 4 is 22.9 Å². The monoisotopic (exact) mass is 557 g/mol. The molecule has 214 valence electrons. The maximum absolute atomic E-state index is 13.9. The Kier molecular flexibility index (Phi) is 8.46. The predicted octanol–water partition coefficient (Wildman–Crippen LogP) is 3.95. The van der Waals surface area contributed by atoms with Crippen LogP contribution in [0.15, 0.2) is 77.9 Å². The number of aromatic nitrogens is 4. The molecule has 2 heterocycles. The third kappa shape index (κ3) is 6.01. The highest BCUT2D eigenvalue weighted by Gasteiger charge is 2.30. The fraction of sp³-hybridized carbons (Fsp3) is 0.333. The van der Waals surface area contributed by atoms with Crippen LogP contribution in [0.1, 0.15) is 31.7 Å². The first-order valence-electron chi connectivity index (χ1n) is 13.6. The first-order chi connectivity index (χ1) is 19.9. The number of anilines is 1. The number of amides is 1. The summed E-state index contributed by atoms with van der Waals surface area (Å²) in [5, 5.41) is 1.63. The van der Waals surface area contributed by atoms with Gasteiger partial charge in [-0.05, 0) is 62.1 Å². The molecule has 0 unspecified atom stereocenters. The van der Waals surface area contributed by atoms with E-state index in [1.54, 1.807) is 45.4 Å². The largest absolute Gasteiger partial charge is 0.457 e. The van der Waals surface area contributed by atoms with Gasteiger partial charge in [-0.25, -0.2) is 14.8 Å². The predicted molar refractivity (Wildman–Crippen MR) is 157 cm³/mol. The third-order valence-corrected chi connectivity index (χ3v) is 7.62. The van der Waals surface area contributed by atoms with Gasteiger partial charge in [-0.2, -0.15) is 5.06 Å². The summed E-state index contributed by atoms with van der Waals surface area (Å²) < 4.78 is 9.22. The second kappa shape index (κ2) is 12.4. The maximum atomic E-state index is 13.9. The Hall–Kier alpha value is -4.48. The van der Waals surface area contributed by atoms with Gasteiger partial charge >= 0.3 is 5.69 Å². The molecule has 0 saturated heterocycles. The fourth-order valence-corrected chi connectivity index (χ4v) is 5.30. The minimum absolute atomic E-state index is 0.0491. The van der Waals surface area contributed by atoms with Gasteiger partial charge in [-0.1, -0.05) is 24.3 Å². The number of carbonyl (C=O) groups excluding carboxylic acids is 1. The lowest BCUT2D eigenvalue weighted by molar-refractivity contribution is -0.127. The molecule has 11 nitrogen and oxygen atoms in total. The summed E-state index contributed by atoms with van der Waals surface area (Å²) in [6.45, 7) is 0.517. The lowest BCUT2D eigenvalue weighted by Crippen LogP contribution is -2.40. The van der Waals surface area contributed by atoms with Crippen molar-refractivity contribution in [3.05, 3.63) is 83.6 Å². The minimum Gasteiger partial charge on any atom is -0.457 e. The molecule has 4 aromatic rings. The molecule has 1 saturated carbocycles. The molecule has 1 aliphatic rings. The van der Waals surface area contributed by atoms with Crippen molar-refractivity contribution in [2.75, 3.05) is 33.5 Å². The molecule has 41 heavy (non-hydrogen) atoms. The molecule has 5 rings (SSSR count). The number of hydrogen-bond donors (Lipinski definition) is 1. The number of carbonyl (C=O) groups is 1. The van der Waals surface area contributed by atoms with Crippen LogP contribution in [-0.4, -0.2) is 68.8 Å². The Bertz CT molecular complexity index is 1570. The van der Waals surface area contributed by atoms with Gasteiger partial charge < -0.3 is 20.2 Å². The number of hydrogen-bond acceptors (Lipinski definition) is 8. The summed E-state index contributed by atoms with van der Waals surface area (Å²) in [6.07, 6.45) is 7.74. The lowest BCUT2D eigenvalue weighted by atomic mass is 9.90. The molecule has 2 aromatic heterocycles. The van der Waals surface area contributed by atoms with Gasteiger partial charge in [0.1, 0.15) is 23.3 Å². The minimum atomic E-state index is -0.220. The quantitative estimate of drug-likeness (QED) is 0.243. The SMILES string of the molecule is CON(C)C/C=C/C(=O)N(C)C1CCC(n2c(=O)n(-c3ccc(Oc4ccccc4)cc3)c3c(N)ncnc32)CC1. The first-order valence-corrected chi connectivity index (χ1v) is 13.6. The average Bonchev–Trinajstić information content (AvgIpc) is 3.30. The van der Waals surface area contributed by atoms with E-state index < -0.39 is 0 Å². The maximum Gasteiger partial charge on any atom is 0.335 e. The van der Waals surface area contributed by atoms with Crippen LogP contribution in [0.3, 0.4) is 0 Å². The van der Waals surface area contributed by atoms with Crippen LogP contribution < -0.4 is 16.2 Å². The molecule has 1 fully saturated rings. The summed E-state index contributed by atoms with van der Waals surface area (Å²) in [4.78, 5) is 42.1. The Morgan fingerprint density at radius 3 is 2.39 bits per heavy atom. The van der Waals surface area contributed by atoms with Crippen molar-refractivity contribution in [1.29, 1.82) is 0 Å². The van der Waals surface area contributed by atoms with E-state index in [9.17, 15) is 9.59 Å². The normalized spacial score (nSPS) is 17.4. The van der Waals surface area contributed by atoms with Crippen LogP contribution in [0, 0.1) is 0 Å². The van der Waals surface area contributed by atoms with Gasteiger partial charge in [0.05, 0.1) is 12.8 Å². The summed E-state index contributed by atoms with van der Waals surface area (Å²) in [7, 11) is 5.21. The fourth-order valence-electron chi connectivity index (χ4n) is 5.30. The second-order valence-electron chi connectivity index (χ2n) is 10.1. The Balaban J connectivity index is 1.36. The van der Waals surface area contributed by atoms with Crippen molar-refractivity contribution in [3.8, 4) is 17.2 Å². The molecule has 0 spiro atoms. The zero-order valence-corrected chi connectivity index (χ0v) is 23.5. The highest BCUT2D eigenvalue weighted by molar-refractivity contribution is 5.87. The number of likely N-dealkylation sites (N-methyl/N-ethyl adjacent to an activating group) is 2. The molecule has 0 bridgehead atoms. The number of benzene rings is 2. The topological polar surface area (TPSA) is 121 Å². The molecule has 0 radical (unpaired) electrons. The van der Waals surface area contributed by atoms with E-state index in [4.69, 9.17) is 15.3 Å². The molecule has 0 atom stereocenters. The number of fused-ring (bicyclic) bond motifs is 1. The average molecular weight is 558 g/mol. The summed E-state index contributed by atoms with van der Waals surface area (Å²) in [5.41, 5.74) is 7.70. The van der Waals surface area contributed by atoms with Gasteiger partial charge in [-0.3, -0.25) is 13.9 Å². The van der Waals surface area contributed by atoms with Crippen LogP contribution in [0.5, 0.6) is 11.5 Å². The molecule has 2 N–H and O–H groups in total. The summed E-state index contributed by atoms with van der Waals surface area (Å²) in [5.74, 6) is 1.56. The Morgan fingerprint density at radius 1 is 1.02 bits per heavy atom. The van der Waals surface area contributed by atoms with Gasteiger partial charge in [-0.15, -0.1) is 0 Å². The zero-order chi connectivity index (χ0) is 28.9. The van der Waals surface area contributed by atoms with E-state index in [0.717, 1.165) is 31.4 Å². The molecule has 1 amide bonds. The van der Waals surface area contributed by atoms with Crippen LogP contribution in [0.2, 0.25) is 0 Å². The Labute approximate surface area is 238 Å². The van der Waals surface area contributed by atoms with Crippen molar-refractivity contribution in [2.24, 2.45) is 0 Å². The number of nitrogens with two attached hydrogens (primary N) is 1. The summed E-state index contributed by atoms with van der Waals surface area (Å²) >= 11 is 0. The second-order valence-corrected chi connectivity index (χ2v) is 10.1. The third-order valence-electron chi connectivity index (χ3n) is 7.62.